The van der Waals surface area contributed by atoms with Gasteiger partial charge in [-0.15, -0.1) is 0 Å². The molecule has 0 aliphatic rings. The predicted octanol–water partition coefficient (Wildman–Crippen LogP) is 7.50. The van der Waals surface area contributed by atoms with Crippen molar-refractivity contribution in [3.63, 3.8) is 0 Å². The van der Waals surface area contributed by atoms with Gasteiger partial charge in [0.2, 0.25) is 0 Å². The number of methoxy groups -OCH3 is 6. The van der Waals surface area contributed by atoms with E-state index in [1.165, 1.54) is 0 Å². The second kappa shape index (κ2) is 9.06. The maximum Gasteiger partial charge on any atom is 0.127 e. The Kier molecular flexibility index (Phi) is 5.68. The fourth-order valence-corrected chi connectivity index (χ4v) is 5.76. The van der Waals surface area contributed by atoms with Gasteiger partial charge in [-0.2, -0.15) is 0 Å². The molecule has 0 saturated heterocycles. The van der Waals surface area contributed by atoms with Crippen molar-refractivity contribution in [1.29, 1.82) is 0 Å². The quantitative estimate of drug-likeness (QED) is 0.217. The zero-order valence-corrected chi connectivity index (χ0v) is 22.2. The number of ether oxygens (including phenoxy) is 6. The van der Waals surface area contributed by atoms with Gasteiger partial charge in [0.1, 0.15) is 34.5 Å². The second-order valence-corrected chi connectivity index (χ2v) is 9.02. The predicted molar refractivity (Wildman–Crippen MR) is 153 cm³/mol. The minimum absolute atomic E-state index is 0.736. The molecule has 6 nitrogen and oxygen atoms in total. The summed E-state index contributed by atoms with van der Waals surface area (Å²) in [4.78, 5) is 0. The molecular formula is C32H28O6. The lowest BCUT2D eigenvalue weighted by Crippen LogP contribution is -1.96. The molecule has 38 heavy (non-hydrogen) atoms. The fourth-order valence-electron chi connectivity index (χ4n) is 5.76. The molecule has 0 amide bonds. The molecule has 0 fully saturated rings. The molecule has 0 aromatic heterocycles. The summed E-state index contributed by atoms with van der Waals surface area (Å²) in [6.45, 7) is 0. The van der Waals surface area contributed by atoms with Gasteiger partial charge in [0.15, 0.2) is 0 Å². The van der Waals surface area contributed by atoms with Crippen molar-refractivity contribution in [2.24, 2.45) is 0 Å². The van der Waals surface area contributed by atoms with Crippen LogP contribution in [0.3, 0.4) is 0 Å². The lowest BCUT2D eigenvalue weighted by molar-refractivity contribution is 0.409. The molecule has 6 heteroatoms. The average Bonchev–Trinajstić information content (AvgIpc) is 2.97. The smallest absolute Gasteiger partial charge is 0.127 e. The van der Waals surface area contributed by atoms with Gasteiger partial charge >= 0.3 is 0 Å². The van der Waals surface area contributed by atoms with Gasteiger partial charge in [0, 0.05) is 43.1 Å². The van der Waals surface area contributed by atoms with Crippen LogP contribution in [0.5, 0.6) is 34.5 Å². The van der Waals surface area contributed by atoms with Crippen LogP contribution >= 0.6 is 0 Å². The Morgan fingerprint density at radius 2 is 0.684 bits per heavy atom. The van der Waals surface area contributed by atoms with Crippen molar-refractivity contribution in [3.8, 4) is 34.5 Å². The minimum atomic E-state index is 0.736. The number of rotatable bonds is 6. The first kappa shape index (κ1) is 23.8. The summed E-state index contributed by atoms with van der Waals surface area (Å²) in [6, 6.07) is 20.2. The third-order valence-electron chi connectivity index (χ3n) is 7.42. The average molecular weight is 509 g/mol. The summed E-state index contributed by atoms with van der Waals surface area (Å²) in [5.74, 6) is 4.45. The van der Waals surface area contributed by atoms with E-state index >= 15 is 0 Å². The van der Waals surface area contributed by atoms with Crippen LogP contribution < -0.4 is 28.4 Å². The summed E-state index contributed by atoms with van der Waals surface area (Å²) >= 11 is 0. The number of benzene rings is 6. The largest absolute Gasteiger partial charge is 0.496 e. The lowest BCUT2D eigenvalue weighted by Gasteiger charge is -2.20. The van der Waals surface area contributed by atoms with E-state index in [1.54, 1.807) is 42.7 Å². The molecular weight excluding hydrogens is 480 g/mol. The van der Waals surface area contributed by atoms with Crippen LogP contribution in [0.2, 0.25) is 0 Å². The molecule has 0 heterocycles. The number of fused-ring (bicyclic) bond motifs is 9. The van der Waals surface area contributed by atoms with Gasteiger partial charge in [-0.1, -0.05) is 12.1 Å². The van der Waals surface area contributed by atoms with Crippen molar-refractivity contribution in [2.75, 3.05) is 42.7 Å². The van der Waals surface area contributed by atoms with Crippen molar-refractivity contribution in [1.82, 2.24) is 0 Å². The van der Waals surface area contributed by atoms with Gasteiger partial charge < -0.3 is 28.4 Å². The van der Waals surface area contributed by atoms with Crippen LogP contribution in [0.4, 0.5) is 0 Å². The fraction of sp³-hybridized carbons (Fsp3) is 0.188. The first-order chi connectivity index (χ1) is 18.6. The number of hydrogen-bond donors (Lipinski definition) is 0. The summed E-state index contributed by atoms with van der Waals surface area (Å²) in [5, 5.41) is 9.70. The molecule has 0 aliphatic heterocycles. The highest BCUT2D eigenvalue weighted by atomic mass is 16.5. The van der Waals surface area contributed by atoms with Crippen LogP contribution in [0.1, 0.15) is 0 Å². The summed E-state index contributed by atoms with van der Waals surface area (Å²) in [7, 11) is 10.1. The Hall–Kier alpha value is -4.58. The second-order valence-electron chi connectivity index (χ2n) is 9.02. The molecule has 0 saturated carbocycles. The molecule has 0 N–H and O–H groups in total. The van der Waals surface area contributed by atoms with E-state index < -0.39 is 0 Å². The van der Waals surface area contributed by atoms with Crippen LogP contribution in [0.25, 0.3) is 53.9 Å². The Morgan fingerprint density at radius 1 is 0.316 bits per heavy atom. The monoisotopic (exact) mass is 508 g/mol. The SMILES string of the molecule is COc1ccc(OC)c2c1cc(OC)c1ccc3ccc4c(OC)cc5c(OC)ccc(OC)c5c4c3c12. The minimum Gasteiger partial charge on any atom is -0.496 e. The molecule has 192 valence electrons. The summed E-state index contributed by atoms with van der Waals surface area (Å²) in [6.07, 6.45) is 0. The standard InChI is InChI=1S/C32H28O6/c1-33-22-11-13-24(35-3)29-20(22)15-26(37-5)18-9-7-17-8-10-19-27(38-6)16-21-23(34-2)12-14-25(36-4)30(21)32(19)28(17)31(18)29/h7-16H,1-6H3. The molecule has 0 atom stereocenters. The highest BCUT2D eigenvalue weighted by molar-refractivity contribution is 6.35. The zero-order chi connectivity index (χ0) is 26.6. The van der Waals surface area contributed by atoms with Gasteiger partial charge in [-0.25, -0.2) is 0 Å². The normalized spacial score (nSPS) is 11.4. The van der Waals surface area contributed by atoms with E-state index in [9.17, 15) is 0 Å². The molecule has 0 aliphatic carbocycles. The third kappa shape index (κ3) is 3.19. The van der Waals surface area contributed by atoms with Gasteiger partial charge in [-0.05, 0) is 59.3 Å². The van der Waals surface area contributed by atoms with Gasteiger partial charge in [-0.3, -0.25) is 0 Å². The molecule has 0 radical (unpaired) electrons. The summed E-state index contributed by atoms with van der Waals surface area (Å²) in [5.41, 5.74) is 0. The van der Waals surface area contributed by atoms with E-state index in [1.807, 2.05) is 36.4 Å². The van der Waals surface area contributed by atoms with Crippen LogP contribution in [-0.2, 0) is 0 Å². The molecule has 6 aromatic carbocycles. The number of hydrogen-bond acceptors (Lipinski definition) is 6. The van der Waals surface area contributed by atoms with E-state index in [0.29, 0.717) is 0 Å². The molecule has 6 rings (SSSR count). The van der Waals surface area contributed by atoms with E-state index in [2.05, 4.69) is 24.3 Å². The zero-order valence-electron chi connectivity index (χ0n) is 22.2. The van der Waals surface area contributed by atoms with Crippen LogP contribution in [0, 0.1) is 0 Å². The third-order valence-corrected chi connectivity index (χ3v) is 7.42. The topological polar surface area (TPSA) is 55.4 Å². The maximum atomic E-state index is 5.92. The molecule has 0 bridgehead atoms. The maximum absolute atomic E-state index is 5.92. The highest BCUT2D eigenvalue weighted by Gasteiger charge is 2.22. The van der Waals surface area contributed by atoms with Crippen molar-refractivity contribution >= 4 is 53.9 Å². The highest BCUT2D eigenvalue weighted by Crippen LogP contribution is 2.50. The molecule has 0 unspecified atom stereocenters. The Labute approximate surface area is 220 Å². The first-order valence-corrected chi connectivity index (χ1v) is 12.2. The van der Waals surface area contributed by atoms with E-state index in [0.717, 1.165) is 88.4 Å². The van der Waals surface area contributed by atoms with E-state index in [-0.39, 0.29) is 0 Å². The molecule has 0 spiro atoms. The Balaban J connectivity index is 2.05. The van der Waals surface area contributed by atoms with Crippen molar-refractivity contribution in [2.45, 2.75) is 0 Å². The van der Waals surface area contributed by atoms with E-state index in [4.69, 9.17) is 28.4 Å². The Morgan fingerprint density at radius 3 is 1.05 bits per heavy atom. The van der Waals surface area contributed by atoms with Crippen molar-refractivity contribution in [3.05, 3.63) is 60.7 Å². The Bertz CT molecular complexity index is 1750. The van der Waals surface area contributed by atoms with Crippen molar-refractivity contribution < 1.29 is 28.4 Å². The van der Waals surface area contributed by atoms with Crippen LogP contribution in [0.15, 0.2) is 60.7 Å². The van der Waals surface area contributed by atoms with Crippen LogP contribution in [-0.4, -0.2) is 42.7 Å². The first-order valence-electron chi connectivity index (χ1n) is 12.2. The van der Waals surface area contributed by atoms with Gasteiger partial charge in [0.25, 0.3) is 0 Å². The molecule has 6 aromatic rings. The lowest BCUT2D eigenvalue weighted by atomic mass is 9.89. The summed E-state index contributed by atoms with van der Waals surface area (Å²) < 4.78 is 35.2. The van der Waals surface area contributed by atoms with Gasteiger partial charge in [0.05, 0.1) is 42.7 Å².